The molecule has 8 rings (SSSR count). The number of aryl methyl sites for hydroxylation is 1. The second kappa shape index (κ2) is 32.1. The molecule has 0 bridgehead atoms. The minimum atomic E-state index is 0. The summed E-state index contributed by atoms with van der Waals surface area (Å²) < 4.78 is 12.6. The van der Waals surface area contributed by atoms with Gasteiger partial charge in [-0.2, -0.15) is 0 Å². The molecule has 2 saturated carbocycles. The number of unbranched alkanes of at least 4 members (excludes halogenated alkanes) is 1. The van der Waals surface area contributed by atoms with Gasteiger partial charge in [0.05, 0.1) is 11.2 Å². The van der Waals surface area contributed by atoms with Crippen LogP contribution in [0.2, 0.25) is 0 Å². The van der Waals surface area contributed by atoms with Crippen LogP contribution < -0.4 is 5.73 Å². The van der Waals surface area contributed by atoms with Gasteiger partial charge >= 0.3 is 0 Å². The summed E-state index contributed by atoms with van der Waals surface area (Å²) in [5, 5.41) is 0. The Morgan fingerprint density at radius 3 is 1.26 bits per heavy atom. The molecule has 4 aliphatic rings. The smallest absolute Gasteiger partial charge is 0.150 e. The van der Waals surface area contributed by atoms with Crippen LogP contribution in [0.5, 0.6) is 0 Å². The molecule has 2 aliphatic carbocycles. The average Bonchev–Trinajstić information content (AvgIpc) is 4.01. The van der Waals surface area contributed by atoms with E-state index in [4.69, 9.17) is 15.2 Å². The van der Waals surface area contributed by atoms with Gasteiger partial charge in [-0.25, -0.2) is 0 Å². The van der Waals surface area contributed by atoms with Gasteiger partial charge in [-0.05, 0) is 100 Å². The molecule has 352 valence electrons. The number of benzene rings is 4. The highest BCUT2D eigenvalue weighted by Gasteiger charge is 2.48. The monoisotopic (exact) mass is 856 g/mol. The van der Waals surface area contributed by atoms with E-state index in [0.29, 0.717) is 5.41 Å². The zero-order valence-electron chi connectivity index (χ0n) is 40.1. The number of aldehydes is 1. The minimum Gasteiger partial charge on any atom is -0.375 e. The largest absolute Gasteiger partial charge is 0.375 e. The molecular weight excluding hydrogens is 759 g/mol. The Morgan fingerprint density at radius 2 is 0.887 bits per heavy atom. The zero-order chi connectivity index (χ0) is 44.7. The molecule has 62 heavy (non-hydrogen) atoms. The molecule has 2 atom stereocenters. The normalized spacial score (nSPS) is 21.0. The fourth-order valence-electron chi connectivity index (χ4n) is 10.2. The molecule has 2 aliphatic heterocycles. The Hall–Kier alpha value is -3.57. The number of carbonyl (C=O) groups excluding carboxylic acids is 1. The van der Waals surface area contributed by atoms with E-state index in [0.717, 1.165) is 44.4 Å². The lowest BCUT2D eigenvalue weighted by molar-refractivity contribution is -0.104. The summed E-state index contributed by atoms with van der Waals surface area (Å²) in [7, 11) is 0. The standard InChI is InChI=1S/C25H32O.C17H25NO.C7H6O.4C2H6.CH4.3H2/c1-3-11-22(12-4-1)13-7-8-16-24(23-14-5-2-6-15-23)19-20-26-25(21-24)17-9-10-18-25;18-12-10-16(15-6-2-1-3-7-15)11-13-19-17(14-16)8-4-5-9-17;8-6-7-4-2-1-3-5-7;4*1-2;;;;/h1-6,11-12,14-15H,7-10,13,16-21H2;1-3,6-7H,4-5,8-14,18H2;1-6H;4*1-2H3;1H4;3*1H/t24-;16-;;;;;;;;;/m11........./s1. The van der Waals surface area contributed by atoms with Gasteiger partial charge in [-0.15, -0.1) is 0 Å². The summed E-state index contributed by atoms with van der Waals surface area (Å²) >= 11 is 0. The second-order valence-corrected chi connectivity index (χ2v) is 16.4. The van der Waals surface area contributed by atoms with Gasteiger partial charge in [-0.1, -0.05) is 216 Å². The summed E-state index contributed by atoms with van der Waals surface area (Å²) in [6, 6.07) is 42.3. The third-order valence-corrected chi connectivity index (χ3v) is 12.9. The maximum Gasteiger partial charge on any atom is 0.150 e. The van der Waals surface area contributed by atoms with E-state index in [1.807, 2.05) is 73.6 Å². The van der Waals surface area contributed by atoms with E-state index in [2.05, 4.69) is 91.0 Å². The van der Waals surface area contributed by atoms with E-state index in [-0.39, 0.29) is 28.3 Å². The number of hydrogen-bond donors (Lipinski definition) is 1. The third-order valence-electron chi connectivity index (χ3n) is 12.9. The molecule has 2 saturated heterocycles. The van der Waals surface area contributed by atoms with Crippen molar-refractivity contribution in [3.63, 3.8) is 0 Å². The number of rotatable bonds is 10. The first-order valence-electron chi connectivity index (χ1n) is 24.7. The molecule has 4 aromatic carbocycles. The van der Waals surface area contributed by atoms with Crippen LogP contribution >= 0.6 is 0 Å². The summed E-state index contributed by atoms with van der Waals surface area (Å²) in [6.45, 7) is 18.6. The van der Waals surface area contributed by atoms with Crippen molar-refractivity contribution in [2.75, 3.05) is 19.8 Å². The molecule has 2 heterocycles. The predicted octanol–water partition coefficient (Wildman–Crippen LogP) is 16.8. The van der Waals surface area contributed by atoms with Crippen molar-refractivity contribution < 1.29 is 18.5 Å². The predicted molar refractivity (Wildman–Crippen MR) is 277 cm³/mol. The molecule has 4 fully saturated rings. The molecule has 2 spiro atoms. The molecule has 0 amide bonds. The first-order valence-corrected chi connectivity index (χ1v) is 24.7. The summed E-state index contributed by atoms with van der Waals surface area (Å²) in [6.07, 6.45) is 22.1. The summed E-state index contributed by atoms with van der Waals surface area (Å²) in [4.78, 5) is 10.0. The molecule has 0 aromatic heterocycles. The van der Waals surface area contributed by atoms with Crippen molar-refractivity contribution in [3.05, 3.63) is 144 Å². The van der Waals surface area contributed by atoms with Gasteiger partial charge < -0.3 is 15.2 Å². The highest BCUT2D eigenvalue weighted by atomic mass is 16.5. The van der Waals surface area contributed by atoms with E-state index in [1.165, 1.54) is 107 Å². The van der Waals surface area contributed by atoms with Gasteiger partial charge in [0.15, 0.2) is 0 Å². The van der Waals surface area contributed by atoms with Crippen molar-refractivity contribution in [1.29, 1.82) is 0 Å². The number of carbonyl (C=O) groups is 1. The van der Waals surface area contributed by atoms with E-state index >= 15 is 0 Å². The first-order chi connectivity index (χ1) is 30.0. The highest BCUT2D eigenvalue weighted by molar-refractivity contribution is 5.74. The molecular formula is C58H97NO3. The lowest BCUT2D eigenvalue weighted by Crippen LogP contribution is -2.46. The quantitative estimate of drug-likeness (QED) is 0.127. The van der Waals surface area contributed by atoms with Crippen molar-refractivity contribution >= 4 is 6.29 Å². The maximum absolute atomic E-state index is 10.0. The number of ether oxygens (including phenoxy) is 2. The maximum atomic E-state index is 10.0. The molecule has 2 N–H and O–H groups in total. The van der Waals surface area contributed by atoms with Crippen LogP contribution in [-0.4, -0.2) is 37.2 Å². The fourth-order valence-corrected chi connectivity index (χ4v) is 10.2. The molecule has 4 aromatic rings. The molecule has 0 unspecified atom stereocenters. The lowest BCUT2D eigenvalue weighted by atomic mass is 9.65. The van der Waals surface area contributed by atoms with Crippen molar-refractivity contribution in [1.82, 2.24) is 0 Å². The molecule has 0 radical (unpaired) electrons. The van der Waals surface area contributed by atoms with Crippen LogP contribution in [0, 0.1) is 0 Å². The summed E-state index contributed by atoms with van der Waals surface area (Å²) in [5.41, 5.74) is 12.0. The third kappa shape index (κ3) is 17.2. The highest BCUT2D eigenvalue weighted by Crippen LogP contribution is 2.51. The van der Waals surface area contributed by atoms with Crippen LogP contribution in [0.1, 0.15) is 197 Å². The first kappa shape index (κ1) is 56.4. The SMILES string of the molecule is C.CC.CC.CC.CC.NCC[C@@]1(c2ccccc2)CCOC2(CCCC2)C1.O=Cc1ccccc1.[HH].[HH].[HH].c1ccc(CCCC[C@@]2(c3ccccc3)CCOC3(CCCC3)C2)cc1. The van der Waals surface area contributed by atoms with Gasteiger partial charge in [0.2, 0.25) is 0 Å². The fraction of sp³-hybridized carbons (Fsp3) is 0.569. The topological polar surface area (TPSA) is 61.5 Å². The molecule has 4 heteroatoms. The van der Waals surface area contributed by atoms with E-state index in [9.17, 15) is 4.79 Å². The van der Waals surface area contributed by atoms with Crippen LogP contribution in [0.3, 0.4) is 0 Å². The van der Waals surface area contributed by atoms with Crippen LogP contribution in [0.15, 0.2) is 121 Å². The summed E-state index contributed by atoms with van der Waals surface area (Å²) in [5.74, 6) is 0. The van der Waals surface area contributed by atoms with Crippen LogP contribution in [0.25, 0.3) is 0 Å². The van der Waals surface area contributed by atoms with Gasteiger partial charge in [0.1, 0.15) is 6.29 Å². The lowest BCUT2D eigenvalue weighted by Gasteiger charge is -2.47. The average molecular weight is 856 g/mol. The Morgan fingerprint density at radius 1 is 0.516 bits per heavy atom. The van der Waals surface area contributed by atoms with Crippen molar-refractivity contribution in [2.24, 2.45) is 5.73 Å². The zero-order valence-corrected chi connectivity index (χ0v) is 40.1. The Balaban J connectivity index is -0.000000870. The van der Waals surface area contributed by atoms with Crippen LogP contribution in [-0.2, 0) is 26.7 Å². The van der Waals surface area contributed by atoms with Crippen LogP contribution in [0.4, 0.5) is 0 Å². The Bertz CT molecular complexity index is 1630. The van der Waals surface area contributed by atoms with Crippen molar-refractivity contribution in [2.45, 2.75) is 194 Å². The molecule has 4 nitrogen and oxygen atoms in total. The number of hydrogen-bond acceptors (Lipinski definition) is 4. The number of nitrogens with two attached hydrogens (primary N) is 1. The van der Waals surface area contributed by atoms with Crippen molar-refractivity contribution in [3.8, 4) is 0 Å². The Kier molecular flexibility index (Phi) is 29.3. The van der Waals surface area contributed by atoms with E-state index < -0.39 is 0 Å². The Labute approximate surface area is 386 Å². The minimum absolute atomic E-state index is 0. The van der Waals surface area contributed by atoms with E-state index in [1.54, 1.807) is 17.7 Å². The van der Waals surface area contributed by atoms with Gasteiger partial charge in [-0.3, -0.25) is 4.79 Å². The van der Waals surface area contributed by atoms with Gasteiger partial charge in [0.25, 0.3) is 0 Å². The van der Waals surface area contributed by atoms with Gasteiger partial charge in [0, 0.05) is 33.9 Å². The second-order valence-electron chi connectivity index (χ2n) is 16.4.